The van der Waals surface area contributed by atoms with E-state index in [0.29, 0.717) is 31.2 Å². The normalized spacial score (nSPS) is 12.0. The van der Waals surface area contributed by atoms with Gasteiger partial charge in [-0.25, -0.2) is 0 Å². The van der Waals surface area contributed by atoms with E-state index in [1.165, 1.54) is 4.90 Å². The monoisotopic (exact) mass is 474 g/mol. The van der Waals surface area contributed by atoms with E-state index >= 15 is 0 Å². The van der Waals surface area contributed by atoms with Gasteiger partial charge in [-0.05, 0) is 50.6 Å². The lowest BCUT2D eigenvalue weighted by Crippen LogP contribution is -2.49. The van der Waals surface area contributed by atoms with Gasteiger partial charge in [-0.2, -0.15) is 0 Å². The van der Waals surface area contributed by atoms with Gasteiger partial charge in [0.05, 0.1) is 6.42 Å². The summed E-state index contributed by atoms with van der Waals surface area (Å²) in [5.41, 5.74) is 1.20. The molecule has 8 heteroatoms. The fraction of sp³-hybridized carbons (Fsp3) is 0.333. The second-order valence-electron chi connectivity index (χ2n) is 6.97. The molecule has 0 radical (unpaired) electrons. The first-order chi connectivity index (χ1) is 13.6. The van der Waals surface area contributed by atoms with Gasteiger partial charge in [0.25, 0.3) is 0 Å². The molecule has 2 aromatic rings. The van der Waals surface area contributed by atoms with Crippen LogP contribution in [0.1, 0.15) is 31.9 Å². The summed E-state index contributed by atoms with van der Waals surface area (Å²) in [4.78, 5) is 27.2. The highest BCUT2D eigenvalue weighted by atomic mass is 35.5. The van der Waals surface area contributed by atoms with Crippen LogP contribution >= 0.6 is 46.4 Å². The molecule has 0 spiro atoms. The average Bonchev–Trinajstić information content (AvgIpc) is 2.62. The van der Waals surface area contributed by atoms with Crippen molar-refractivity contribution in [1.29, 1.82) is 0 Å². The first-order valence-corrected chi connectivity index (χ1v) is 10.6. The van der Waals surface area contributed by atoms with E-state index in [2.05, 4.69) is 5.32 Å². The maximum Gasteiger partial charge on any atom is 0.242 e. The maximum atomic E-state index is 13.2. The highest BCUT2D eigenvalue weighted by Crippen LogP contribution is 2.28. The molecule has 2 rings (SSSR count). The average molecular weight is 476 g/mol. The molecule has 0 unspecified atom stereocenters. The van der Waals surface area contributed by atoms with Crippen LogP contribution in [-0.2, 0) is 22.6 Å². The van der Waals surface area contributed by atoms with Gasteiger partial charge in [0.1, 0.15) is 6.04 Å². The van der Waals surface area contributed by atoms with E-state index in [4.69, 9.17) is 46.4 Å². The Hall–Kier alpha value is -1.46. The highest BCUT2D eigenvalue weighted by Gasteiger charge is 2.28. The van der Waals surface area contributed by atoms with Gasteiger partial charge in [-0.15, -0.1) is 0 Å². The Labute approximate surface area is 191 Å². The van der Waals surface area contributed by atoms with Crippen LogP contribution in [0, 0.1) is 0 Å². The fourth-order valence-corrected chi connectivity index (χ4v) is 3.76. The number of hydrogen-bond donors (Lipinski definition) is 1. The lowest BCUT2D eigenvalue weighted by Gasteiger charge is -2.30. The fourth-order valence-electron chi connectivity index (χ4n) is 2.77. The molecule has 4 nitrogen and oxygen atoms in total. The summed E-state index contributed by atoms with van der Waals surface area (Å²) >= 11 is 24.7. The topological polar surface area (TPSA) is 49.4 Å². The zero-order valence-electron chi connectivity index (χ0n) is 16.3. The van der Waals surface area contributed by atoms with Gasteiger partial charge in [0, 0.05) is 38.2 Å². The first-order valence-electron chi connectivity index (χ1n) is 9.06. The predicted molar refractivity (Wildman–Crippen MR) is 120 cm³/mol. The lowest BCUT2D eigenvalue weighted by molar-refractivity contribution is -0.140. The second kappa shape index (κ2) is 10.5. The number of rotatable bonds is 7. The van der Waals surface area contributed by atoms with Gasteiger partial charge in [0.15, 0.2) is 0 Å². The van der Waals surface area contributed by atoms with Crippen molar-refractivity contribution in [3.8, 4) is 0 Å². The lowest BCUT2D eigenvalue weighted by atomic mass is 10.1. The van der Waals surface area contributed by atoms with Crippen LogP contribution in [-0.4, -0.2) is 28.8 Å². The van der Waals surface area contributed by atoms with E-state index in [1.54, 1.807) is 43.3 Å². The van der Waals surface area contributed by atoms with Gasteiger partial charge >= 0.3 is 0 Å². The van der Waals surface area contributed by atoms with Gasteiger partial charge in [-0.1, -0.05) is 58.5 Å². The Morgan fingerprint density at radius 3 is 2.14 bits per heavy atom. The molecule has 156 valence electrons. The number of halogens is 4. The number of carbonyl (C=O) groups excluding carboxylic acids is 2. The molecule has 0 saturated carbocycles. The van der Waals surface area contributed by atoms with Crippen molar-refractivity contribution in [2.24, 2.45) is 0 Å². The zero-order chi connectivity index (χ0) is 21.7. The van der Waals surface area contributed by atoms with Crippen molar-refractivity contribution in [3.63, 3.8) is 0 Å². The number of carbonyl (C=O) groups is 2. The molecule has 0 bridgehead atoms. The molecular formula is C21H22Cl4N2O2. The highest BCUT2D eigenvalue weighted by molar-refractivity contribution is 6.36. The number of nitrogens with zero attached hydrogens (tertiary/aromatic N) is 1. The Morgan fingerprint density at radius 1 is 0.966 bits per heavy atom. The van der Waals surface area contributed by atoms with Crippen LogP contribution in [0.3, 0.4) is 0 Å². The molecule has 2 amide bonds. The Balaban J connectivity index is 2.34. The molecule has 0 aliphatic rings. The van der Waals surface area contributed by atoms with E-state index in [-0.39, 0.29) is 30.8 Å². The van der Waals surface area contributed by atoms with Crippen molar-refractivity contribution >= 4 is 58.2 Å². The summed E-state index contributed by atoms with van der Waals surface area (Å²) in [6, 6.07) is 9.27. The Bertz CT molecular complexity index is 882. The van der Waals surface area contributed by atoms with Crippen LogP contribution in [0.5, 0.6) is 0 Å². The van der Waals surface area contributed by atoms with E-state index in [0.717, 1.165) is 0 Å². The third-order valence-corrected chi connectivity index (χ3v) is 5.64. The van der Waals surface area contributed by atoms with E-state index < -0.39 is 6.04 Å². The molecule has 29 heavy (non-hydrogen) atoms. The molecule has 1 N–H and O–H groups in total. The molecule has 2 aromatic carbocycles. The summed E-state index contributed by atoms with van der Waals surface area (Å²) in [5.74, 6) is -0.546. The third kappa shape index (κ3) is 6.51. The van der Waals surface area contributed by atoms with Crippen LogP contribution in [0.15, 0.2) is 36.4 Å². The van der Waals surface area contributed by atoms with Gasteiger partial charge in [0.2, 0.25) is 11.8 Å². The quantitative estimate of drug-likeness (QED) is 0.551. The molecule has 0 fully saturated rings. The maximum absolute atomic E-state index is 13.2. The Kier molecular flexibility index (Phi) is 8.65. The van der Waals surface area contributed by atoms with Gasteiger partial charge in [-0.3, -0.25) is 9.59 Å². The molecule has 0 saturated heterocycles. The van der Waals surface area contributed by atoms with Crippen molar-refractivity contribution < 1.29 is 9.59 Å². The molecule has 1 atom stereocenters. The molecule has 0 heterocycles. The molecule has 0 aliphatic heterocycles. The summed E-state index contributed by atoms with van der Waals surface area (Å²) in [7, 11) is 0. The van der Waals surface area contributed by atoms with E-state index in [9.17, 15) is 9.59 Å². The SMILES string of the molecule is CC(C)NC(=O)[C@H](C)N(Cc1c(Cl)cccc1Cl)C(=O)Cc1ccc(Cl)cc1Cl. The smallest absolute Gasteiger partial charge is 0.242 e. The zero-order valence-corrected chi connectivity index (χ0v) is 19.3. The standard InChI is InChI=1S/C21H22Cl4N2O2/c1-12(2)26-21(29)13(3)27(11-16-17(23)5-4-6-18(16)24)20(28)9-14-7-8-15(22)10-19(14)25/h4-8,10,12-13H,9,11H2,1-3H3,(H,26,29)/t13-/m0/s1. The molecule has 0 aliphatic carbocycles. The predicted octanol–water partition coefficient (Wildman–Crippen LogP) is 5.78. The van der Waals surface area contributed by atoms with Crippen LogP contribution in [0.25, 0.3) is 0 Å². The number of amides is 2. The van der Waals surface area contributed by atoms with Crippen molar-refractivity contribution in [3.05, 3.63) is 67.6 Å². The van der Waals surface area contributed by atoms with Crippen molar-refractivity contribution in [1.82, 2.24) is 10.2 Å². The minimum Gasteiger partial charge on any atom is -0.352 e. The van der Waals surface area contributed by atoms with Gasteiger partial charge < -0.3 is 10.2 Å². The Morgan fingerprint density at radius 2 is 1.59 bits per heavy atom. The second-order valence-corrected chi connectivity index (χ2v) is 8.63. The van der Waals surface area contributed by atoms with Crippen LogP contribution in [0.4, 0.5) is 0 Å². The summed E-state index contributed by atoms with van der Waals surface area (Å²) in [6.07, 6.45) is 0.0113. The van der Waals surface area contributed by atoms with Crippen LogP contribution < -0.4 is 5.32 Å². The minimum atomic E-state index is -0.733. The summed E-state index contributed by atoms with van der Waals surface area (Å²) in [6.45, 7) is 5.48. The first kappa shape index (κ1) is 23.8. The van der Waals surface area contributed by atoms with E-state index in [1.807, 2.05) is 13.8 Å². The molecular weight excluding hydrogens is 454 g/mol. The van der Waals surface area contributed by atoms with Crippen molar-refractivity contribution in [2.75, 3.05) is 0 Å². The van der Waals surface area contributed by atoms with Crippen LogP contribution in [0.2, 0.25) is 20.1 Å². The van der Waals surface area contributed by atoms with Crippen molar-refractivity contribution in [2.45, 2.75) is 45.8 Å². The number of hydrogen-bond acceptors (Lipinski definition) is 2. The summed E-state index contributed by atoms with van der Waals surface area (Å²) < 4.78 is 0. The molecule has 0 aromatic heterocycles. The summed E-state index contributed by atoms with van der Waals surface area (Å²) in [5, 5.41) is 4.56. The minimum absolute atomic E-state index is 0.0113. The largest absolute Gasteiger partial charge is 0.352 e. The number of benzene rings is 2. The third-order valence-electron chi connectivity index (χ3n) is 4.35. The number of nitrogens with one attached hydrogen (secondary N) is 1.